The van der Waals surface area contributed by atoms with Crippen molar-refractivity contribution in [1.82, 2.24) is 5.32 Å². The molecule has 0 spiro atoms. The van der Waals surface area contributed by atoms with Gasteiger partial charge in [0, 0.05) is 11.1 Å². The summed E-state index contributed by atoms with van der Waals surface area (Å²) >= 11 is 0. The van der Waals surface area contributed by atoms with Crippen LogP contribution in [0.2, 0.25) is 0 Å². The summed E-state index contributed by atoms with van der Waals surface area (Å²) in [6, 6.07) is 3.41. The monoisotopic (exact) mass is 225 g/mol. The molecule has 0 aliphatic heterocycles. The third kappa shape index (κ3) is 2.95. The highest BCUT2D eigenvalue weighted by Gasteiger charge is 2.21. The third-order valence-corrected chi connectivity index (χ3v) is 2.81. The molecule has 0 aliphatic rings. The number of nitrogens with one attached hydrogen (secondary N) is 1. The Balaban J connectivity index is 3.12. The van der Waals surface area contributed by atoms with E-state index in [1.807, 2.05) is 33.9 Å². The van der Waals surface area contributed by atoms with E-state index in [1.54, 1.807) is 13.2 Å². The highest BCUT2D eigenvalue weighted by atomic mass is 19.1. The molecule has 3 heteroatoms. The summed E-state index contributed by atoms with van der Waals surface area (Å²) < 4.78 is 19.1. The van der Waals surface area contributed by atoms with Gasteiger partial charge in [-0.3, -0.25) is 0 Å². The first-order valence-electron chi connectivity index (χ1n) is 5.41. The average molecular weight is 225 g/mol. The van der Waals surface area contributed by atoms with Gasteiger partial charge in [-0.15, -0.1) is 0 Å². The number of methoxy groups -OCH3 is 1. The molecule has 0 atom stereocenters. The van der Waals surface area contributed by atoms with Crippen LogP contribution in [0.1, 0.15) is 25.0 Å². The Hall–Kier alpha value is -1.09. The zero-order valence-electron chi connectivity index (χ0n) is 10.6. The SMILES string of the molecule is CNC(C)(C)Cc1c(F)cc(C)cc1OC. The Morgan fingerprint density at radius 2 is 2.00 bits per heavy atom. The van der Waals surface area contributed by atoms with Crippen LogP contribution in [0.15, 0.2) is 12.1 Å². The zero-order valence-corrected chi connectivity index (χ0v) is 10.6. The molecular weight excluding hydrogens is 205 g/mol. The third-order valence-electron chi connectivity index (χ3n) is 2.81. The second kappa shape index (κ2) is 4.83. The van der Waals surface area contributed by atoms with Crippen molar-refractivity contribution in [2.45, 2.75) is 32.7 Å². The van der Waals surface area contributed by atoms with Crippen LogP contribution in [-0.2, 0) is 6.42 Å². The van der Waals surface area contributed by atoms with Crippen LogP contribution in [0.25, 0.3) is 0 Å². The van der Waals surface area contributed by atoms with Crippen molar-refractivity contribution in [3.05, 3.63) is 29.1 Å². The molecule has 0 amide bonds. The molecule has 16 heavy (non-hydrogen) atoms. The number of benzene rings is 1. The second-order valence-electron chi connectivity index (χ2n) is 4.74. The summed E-state index contributed by atoms with van der Waals surface area (Å²) in [5, 5.41) is 3.16. The predicted molar refractivity (Wildman–Crippen MR) is 64.5 cm³/mol. The van der Waals surface area contributed by atoms with E-state index in [4.69, 9.17) is 4.74 Å². The summed E-state index contributed by atoms with van der Waals surface area (Å²) in [6.45, 7) is 5.93. The first-order valence-corrected chi connectivity index (χ1v) is 5.41. The lowest BCUT2D eigenvalue weighted by molar-refractivity contribution is 0.377. The van der Waals surface area contributed by atoms with E-state index < -0.39 is 0 Å². The number of aryl methyl sites for hydroxylation is 1. The molecule has 0 heterocycles. The second-order valence-corrected chi connectivity index (χ2v) is 4.74. The first-order chi connectivity index (χ1) is 7.39. The molecule has 1 rings (SSSR count). The Morgan fingerprint density at radius 3 is 2.50 bits per heavy atom. The Bertz CT molecular complexity index is 374. The molecule has 0 radical (unpaired) electrons. The minimum absolute atomic E-state index is 0.149. The highest BCUT2D eigenvalue weighted by Crippen LogP contribution is 2.27. The number of hydrogen-bond donors (Lipinski definition) is 1. The van der Waals surface area contributed by atoms with Gasteiger partial charge in [0.15, 0.2) is 0 Å². The lowest BCUT2D eigenvalue weighted by Gasteiger charge is -2.25. The molecule has 90 valence electrons. The Morgan fingerprint density at radius 1 is 1.38 bits per heavy atom. The lowest BCUT2D eigenvalue weighted by atomic mass is 9.93. The maximum Gasteiger partial charge on any atom is 0.130 e. The fraction of sp³-hybridized carbons (Fsp3) is 0.538. The van der Waals surface area contributed by atoms with Gasteiger partial charge >= 0.3 is 0 Å². The molecule has 0 aromatic heterocycles. The number of likely N-dealkylation sites (N-methyl/N-ethyl adjacent to an activating group) is 1. The number of halogens is 1. The summed E-state index contributed by atoms with van der Waals surface area (Å²) in [4.78, 5) is 0. The van der Waals surface area contributed by atoms with E-state index in [0.29, 0.717) is 17.7 Å². The molecule has 0 saturated heterocycles. The topological polar surface area (TPSA) is 21.3 Å². The lowest BCUT2D eigenvalue weighted by Crippen LogP contribution is -2.38. The molecule has 0 unspecified atom stereocenters. The number of rotatable bonds is 4. The van der Waals surface area contributed by atoms with Crippen molar-refractivity contribution >= 4 is 0 Å². The van der Waals surface area contributed by atoms with Crippen molar-refractivity contribution in [3.8, 4) is 5.75 Å². The molecule has 1 N–H and O–H groups in total. The van der Waals surface area contributed by atoms with E-state index in [1.165, 1.54) is 0 Å². The van der Waals surface area contributed by atoms with Crippen LogP contribution in [0, 0.1) is 12.7 Å². The van der Waals surface area contributed by atoms with Crippen LogP contribution >= 0.6 is 0 Å². The summed E-state index contributed by atoms with van der Waals surface area (Å²) in [6.07, 6.45) is 0.596. The van der Waals surface area contributed by atoms with E-state index in [0.717, 1.165) is 5.56 Å². The van der Waals surface area contributed by atoms with Gasteiger partial charge < -0.3 is 10.1 Å². The summed E-state index contributed by atoms with van der Waals surface area (Å²) in [5.74, 6) is 0.431. The van der Waals surface area contributed by atoms with Crippen LogP contribution in [-0.4, -0.2) is 19.7 Å². The molecular formula is C13H20FNO. The van der Waals surface area contributed by atoms with E-state index in [-0.39, 0.29) is 11.4 Å². The maximum atomic E-state index is 13.9. The van der Waals surface area contributed by atoms with E-state index in [9.17, 15) is 4.39 Å². The van der Waals surface area contributed by atoms with Crippen molar-refractivity contribution in [2.24, 2.45) is 0 Å². The van der Waals surface area contributed by atoms with E-state index in [2.05, 4.69) is 5.32 Å². The van der Waals surface area contributed by atoms with Crippen molar-refractivity contribution in [2.75, 3.05) is 14.2 Å². The molecule has 1 aromatic rings. The van der Waals surface area contributed by atoms with Crippen LogP contribution in [0.5, 0.6) is 5.75 Å². The van der Waals surface area contributed by atoms with Gasteiger partial charge in [-0.1, -0.05) is 0 Å². The molecule has 2 nitrogen and oxygen atoms in total. The largest absolute Gasteiger partial charge is 0.496 e. The molecule has 0 saturated carbocycles. The predicted octanol–water partition coefficient (Wildman–Crippen LogP) is 2.68. The summed E-state index contributed by atoms with van der Waals surface area (Å²) in [7, 11) is 3.45. The number of hydrogen-bond acceptors (Lipinski definition) is 2. The standard InChI is InChI=1S/C13H20FNO/c1-9-6-11(14)10(12(7-9)16-5)8-13(2,3)15-4/h6-7,15H,8H2,1-5H3. The molecule has 0 aliphatic carbocycles. The van der Waals surface area contributed by atoms with Crippen LogP contribution < -0.4 is 10.1 Å². The average Bonchev–Trinajstić information content (AvgIpc) is 2.21. The summed E-state index contributed by atoms with van der Waals surface area (Å²) in [5.41, 5.74) is 1.36. The van der Waals surface area contributed by atoms with Gasteiger partial charge in [0.1, 0.15) is 11.6 Å². The van der Waals surface area contributed by atoms with Crippen molar-refractivity contribution < 1.29 is 9.13 Å². The molecule has 0 fully saturated rings. The quantitative estimate of drug-likeness (QED) is 0.850. The van der Waals surface area contributed by atoms with Crippen LogP contribution in [0.3, 0.4) is 0 Å². The molecule has 1 aromatic carbocycles. The highest BCUT2D eigenvalue weighted by molar-refractivity contribution is 5.39. The van der Waals surface area contributed by atoms with Gasteiger partial charge in [0.25, 0.3) is 0 Å². The van der Waals surface area contributed by atoms with Crippen LogP contribution in [0.4, 0.5) is 4.39 Å². The normalized spacial score (nSPS) is 11.6. The minimum Gasteiger partial charge on any atom is -0.496 e. The first kappa shape index (κ1) is 13.0. The Labute approximate surface area is 96.8 Å². The smallest absolute Gasteiger partial charge is 0.130 e. The minimum atomic E-state index is -0.194. The maximum absolute atomic E-state index is 13.9. The zero-order chi connectivity index (χ0) is 12.3. The fourth-order valence-corrected chi connectivity index (χ4v) is 1.62. The fourth-order valence-electron chi connectivity index (χ4n) is 1.62. The Kier molecular flexibility index (Phi) is 3.92. The van der Waals surface area contributed by atoms with Crippen molar-refractivity contribution in [3.63, 3.8) is 0 Å². The van der Waals surface area contributed by atoms with Gasteiger partial charge in [-0.2, -0.15) is 0 Å². The van der Waals surface area contributed by atoms with Gasteiger partial charge in [0.05, 0.1) is 7.11 Å². The van der Waals surface area contributed by atoms with Gasteiger partial charge in [-0.25, -0.2) is 4.39 Å². The van der Waals surface area contributed by atoms with E-state index >= 15 is 0 Å². The van der Waals surface area contributed by atoms with Gasteiger partial charge in [-0.05, 0) is 51.9 Å². The number of ether oxygens (including phenoxy) is 1. The van der Waals surface area contributed by atoms with Crippen molar-refractivity contribution in [1.29, 1.82) is 0 Å². The van der Waals surface area contributed by atoms with Gasteiger partial charge in [0.2, 0.25) is 0 Å². The molecule has 0 bridgehead atoms.